The Bertz CT molecular complexity index is 496. The van der Waals surface area contributed by atoms with Crippen molar-refractivity contribution in [3.05, 3.63) is 36.5 Å². The highest BCUT2D eigenvalue weighted by Crippen LogP contribution is 2.09. The SMILES string of the molecule is CCCCC/C=C\C/C=C\C/C=C\CCCCCCCCCOCC(CO)OC(=O)CCC. The first-order valence-corrected chi connectivity index (χ1v) is 13.6. The average molecular weight is 465 g/mol. The molecule has 33 heavy (non-hydrogen) atoms. The number of hydrogen-bond donors (Lipinski definition) is 1. The minimum atomic E-state index is -0.531. The van der Waals surface area contributed by atoms with Crippen molar-refractivity contribution < 1.29 is 19.4 Å². The van der Waals surface area contributed by atoms with Gasteiger partial charge in [-0.25, -0.2) is 0 Å². The molecule has 0 rings (SSSR count). The summed E-state index contributed by atoms with van der Waals surface area (Å²) >= 11 is 0. The Morgan fingerprint density at radius 3 is 1.85 bits per heavy atom. The lowest BCUT2D eigenvalue weighted by atomic mass is 10.1. The van der Waals surface area contributed by atoms with E-state index in [0.29, 0.717) is 13.0 Å². The molecule has 0 aliphatic heterocycles. The minimum Gasteiger partial charge on any atom is -0.457 e. The van der Waals surface area contributed by atoms with E-state index >= 15 is 0 Å². The van der Waals surface area contributed by atoms with Crippen molar-refractivity contribution in [1.82, 2.24) is 0 Å². The number of allylic oxidation sites excluding steroid dienone is 6. The van der Waals surface area contributed by atoms with Crippen molar-refractivity contribution in [2.24, 2.45) is 0 Å². The number of ether oxygens (including phenoxy) is 2. The molecule has 192 valence electrons. The molecular formula is C29H52O4. The van der Waals surface area contributed by atoms with E-state index in [1.165, 1.54) is 70.6 Å². The Hall–Kier alpha value is -1.39. The monoisotopic (exact) mass is 464 g/mol. The van der Waals surface area contributed by atoms with Gasteiger partial charge in [0.05, 0.1) is 13.2 Å². The molecule has 0 aromatic heterocycles. The van der Waals surface area contributed by atoms with E-state index in [1.807, 2.05) is 6.92 Å². The van der Waals surface area contributed by atoms with Crippen molar-refractivity contribution in [2.45, 2.75) is 123 Å². The van der Waals surface area contributed by atoms with Crippen molar-refractivity contribution >= 4 is 5.97 Å². The van der Waals surface area contributed by atoms with Gasteiger partial charge in [0, 0.05) is 13.0 Å². The fraction of sp³-hybridized carbons (Fsp3) is 0.759. The molecule has 0 radical (unpaired) electrons. The molecule has 0 aliphatic carbocycles. The summed E-state index contributed by atoms with van der Waals surface area (Å²) in [6, 6.07) is 0. The Labute approximate surface area is 204 Å². The van der Waals surface area contributed by atoms with Crippen LogP contribution in [0.5, 0.6) is 0 Å². The molecule has 1 N–H and O–H groups in total. The van der Waals surface area contributed by atoms with Crippen LogP contribution in [0.3, 0.4) is 0 Å². The quantitative estimate of drug-likeness (QED) is 0.0897. The molecule has 0 saturated carbocycles. The van der Waals surface area contributed by atoms with Gasteiger partial charge in [-0.3, -0.25) is 4.79 Å². The molecule has 4 nitrogen and oxygen atoms in total. The maximum absolute atomic E-state index is 11.4. The van der Waals surface area contributed by atoms with E-state index in [2.05, 4.69) is 43.4 Å². The highest BCUT2D eigenvalue weighted by Gasteiger charge is 2.12. The zero-order valence-electron chi connectivity index (χ0n) is 21.6. The van der Waals surface area contributed by atoms with Crippen LogP contribution in [-0.2, 0) is 14.3 Å². The maximum atomic E-state index is 11.4. The zero-order chi connectivity index (χ0) is 24.2. The first-order chi connectivity index (χ1) is 16.2. The Morgan fingerprint density at radius 2 is 1.27 bits per heavy atom. The third-order valence-electron chi connectivity index (χ3n) is 5.44. The van der Waals surface area contributed by atoms with Crippen LogP contribution in [0.4, 0.5) is 0 Å². The standard InChI is InChI=1S/C29H52O4/c1-3-5-6-7-8-9-10-11-12-13-14-15-16-17-18-19-20-21-22-23-25-32-27-28(26-30)33-29(31)24-4-2/h8-9,11-12,14-15,28,30H,3-7,10,13,16-27H2,1-2H3/b9-8-,12-11-,15-14-. The summed E-state index contributed by atoms with van der Waals surface area (Å²) in [4.78, 5) is 11.4. The Kier molecular flexibility index (Phi) is 25.7. The van der Waals surface area contributed by atoms with Crippen LogP contribution in [0.2, 0.25) is 0 Å². The molecule has 0 aromatic carbocycles. The van der Waals surface area contributed by atoms with E-state index in [1.54, 1.807) is 0 Å². The van der Waals surface area contributed by atoms with E-state index in [-0.39, 0.29) is 19.2 Å². The number of carbonyl (C=O) groups is 1. The summed E-state index contributed by atoms with van der Waals surface area (Å²) < 4.78 is 10.7. The van der Waals surface area contributed by atoms with Gasteiger partial charge >= 0.3 is 5.97 Å². The Morgan fingerprint density at radius 1 is 0.727 bits per heavy atom. The fourth-order valence-electron chi connectivity index (χ4n) is 3.43. The molecule has 0 heterocycles. The first-order valence-electron chi connectivity index (χ1n) is 13.6. The van der Waals surface area contributed by atoms with E-state index in [9.17, 15) is 9.90 Å². The highest BCUT2D eigenvalue weighted by molar-refractivity contribution is 5.69. The van der Waals surface area contributed by atoms with Gasteiger partial charge in [-0.15, -0.1) is 0 Å². The minimum absolute atomic E-state index is 0.182. The number of aliphatic hydroxyl groups is 1. The molecule has 0 bridgehead atoms. The lowest BCUT2D eigenvalue weighted by Gasteiger charge is -2.15. The van der Waals surface area contributed by atoms with Crippen molar-refractivity contribution in [3.8, 4) is 0 Å². The number of esters is 1. The van der Waals surface area contributed by atoms with Gasteiger partial charge in [-0.1, -0.05) is 95.2 Å². The largest absolute Gasteiger partial charge is 0.457 e. The summed E-state index contributed by atoms with van der Waals surface area (Å²) in [5, 5.41) is 9.25. The van der Waals surface area contributed by atoms with E-state index in [0.717, 1.165) is 25.7 Å². The van der Waals surface area contributed by atoms with Crippen molar-refractivity contribution in [2.75, 3.05) is 19.8 Å². The summed E-state index contributed by atoms with van der Waals surface area (Å²) in [5.41, 5.74) is 0. The number of hydrogen-bond acceptors (Lipinski definition) is 4. The fourth-order valence-corrected chi connectivity index (χ4v) is 3.43. The summed E-state index contributed by atoms with van der Waals surface area (Å²) in [6.45, 7) is 4.94. The molecule has 0 aliphatic rings. The maximum Gasteiger partial charge on any atom is 0.306 e. The zero-order valence-corrected chi connectivity index (χ0v) is 21.6. The van der Waals surface area contributed by atoms with Crippen LogP contribution in [-0.4, -0.2) is 37.0 Å². The third-order valence-corrected chi connectivity index (χ3v) is 5.44. The third kappa shape index (κ3) is 25.1. The molecule has 0 saturated heterocycles. The second-order valence-corrected chi connectivity index (χ2v) is 8.76. The van der Waals surface area contributed by atoms with Crippen molar-refractivity contribution in [3.63, 3.8) is 0 Å². The van der Waals surface area contributed by atoms with Crippen LogP contribution in [0.1, 0.15) is 117 Å². The molecular weight excluding hydrogens is 412 g/mol. The smallest absolute Gasteiger partial charge is 0.306 e. The van der Waals surface area contributed by atoms with E-state index in [4.69, 9.17) is 9.47 Å². The first kappa shape index (κ1) is 31.6. The number of carbonyl (C=O) groups excluding carboxylic acids is 1. The van der Waals surface area contributed by atoms with Gasteiger partial charge < -0.3 is 14.6 Å². The normalized spacial score (nSPS) is 12.9. The second kappa shape index (κ2) is 26.9. The van der Waals surface area contributed by atoms with Crippen molar-refractivity contribution in [1.29, 1.82) is 0 Å². The summed E-state index contributed by atoms with van der Waals surface area (Å²) in [5.74, 6) is -0.260. The number of unbranched alkanes of at least 4 members (excludes halogenated alkanes) is 10. The van der Waals surface area contributed by atoms with Gasteiger partial charge in [0.2, 0.25) is 0 Å². The molecule has 1 unspecified atom stereocenters. The molecule has 1 atom stereocenters. The van der Waals surface area contributed by atoms with Crippen LogP contribution >= 0.6 is 0 Å². The number of aliphatic hydroxyl groups excluding tert-OH is 1. The Balaban J connectivity index is 3.37. The lowest BCUT2D eigenvalue weighted by Crippen LogP contribution is -2.27. The van der Waals surface area contributed by atoms with E-state index < -0.39 is 6.10 Å². The highest BCUT2D eigenvalue weighted by atomic mass is 16.6. The molecule has 4 heteroatoms. The summed E-state index contributed by atoms with van der Waals surface area (Å²) in [7, 11) is 0. The molecule has 0 fully saturated rings. The van der Waals surface area contributed by atoms with Gasteiger partial charge in [0.15, 0.2) is 0 Å². The molecule has 0 spiro atoms. The lowest BCUT2D eigenvalue weighted by molar-refractivity contribution is -0.154. The van der Waals surface area contributed by atoms with Crippen LogP contribution in [0.15, 0.2) is 36.5 Å². The molecule has 0 aromatic rings. The van der Waals surface area contributed by atoms with Crippen LogP contribution < -0.4 is 0 Å². The second-order valence-electron chi connectivity index (χ2n) is 8.76. The topological polar surface area (TPSA) is 55.8 Å². The predicted octanol–water partition coefficient (Wildman–Crippen LogP) is 7.86. The number of rotatable bonds is 24. The van der Waals surface area contributed by atoms with Gasteiger partial charge in [0.1, 0.15) is 6.10 Å². The van der Waals surface area contributed by atoms with Crippen LogP contribution in [0.25, 0.3) is 0 Å². The molecule has 0 amide bonds. The van der Waals surface area contributed by atoms with Crippen LogP contribution in [0, 0.1) is 0 Å². The predicted molar refractivity (Wildman–Crippen MR) is 140 cm³/mol. The van der Waals surface area contributed by atoms with Gasteiger partial charge in [-0.2, -0.15) is 0 Å². The summed E-state index contributed by atoms with van der Waals surface area (Å²) in [6.07, 6.45) is 31.4. The van der Waals surface area contributed by atoms with Gasteiger partial charge in [0.25, 0.3) is 0 Å². The average Bonchev–Trinajstić information content (AvgIpc) is 2.81. The van der Waals surface area contributed by atoms with Gasteiger partial charge in [-0.05, 0) is 51.4 Å².